The van der Waals surface area contributed by atoms with Crippen molar-refractivity contribution in [2.75, 3.05) is 13.2 Å². The number of ether oxygens (including phenoxy) is 1. The summed E-state index contributed by atoms with van der Waals surface area (Å²) < 4.78 is 5.39. The summed E-state index contributed by atoms with van der Waals surface area (Å²) in [6.45, 7) is 7.25. The van der Waals surface area contributed by atoms with Crippen molar-refractivity contribution < 1.29 is 4.74 Å². The number of hydrogen-bond acceptors (Lipinski definition) is 3. The fourth-order valence-electron chi connectivity index (χ4n) is 1.52. The standard InChI is InChI=1S/C15H20N2O/c1-12(2)17-11-13(3)10-14-6-4-5-7-15(14)18-9-8-16/h4-7,10,12,17H,9,11H2,1-3H3. The van der Waals surface area contributed by atoms with Gasteiger partial charge in [-0.3, -0.25) is 0 Å². The lowest BCUT2D eigenvalue weighted by Gasteiger charge is -2.10. The van der Waals surface area contributed by atoms with Gasteiger partial charge in [0.15, 0.2) is 6.61 Å². The number of nitrogens with one attached hydrogen (secondary N) is 1. The summed E-state index contributed by atoms with van der Waals surface area (Å²) in [7, 11) is 0. The lowest BCUT2D eigenvalue weighted by molar-refractivity contribution is 0.367. The zero-order valence-electron chi connectivity index (χ0n) is 11.2. The summed E-state index contributed by atoms with van der Waals surface area (Å²) in [5.74, 6) is 0.753. The van der Waals surface area contributed by atoms with Crippen molar-refractivity contribution in [3.8, 4) is 11.8 Å². The van der Waals surface area contributed by atoms with E-state index in [-0.39, 0.29) is 6.61 Å². The van der Waals surface area contributed by atoms with Gasteiger partial charge in [0.1, 0.15) is 11.8 Å². The lowest BCUT2D eigenvalue weighted by atomic mass is 10.1. The highest BCUT2D eigenvalue weighted by molar-refractivity contribution is 5.59. The van der Waals surface area contributed by atoms with E-state index in [2.05, 4.69) is 32.2 Å². The predicted octanol–water partition coefficient (Wildman–Crippen LogP) is 2.99. The maximum Gasteiger partial charge on any atom is 0.174 e. The molecule has 0 amide bonds. The molecule has 1 aromatic rings. The van der Waals surface area contributed by atoms with Crippen molar-refractivity contribution >= 4 is 6.08 Å². The molecule has 96 valence electrons. The second-order valence-corrected chi connectivity index (χ2v) is 4.51. The minimum Gasteiger partial charge on any atom is -0.478 e. The van der Waals surface area contributed by atoms with Gasteiger partial charge in [-0.05, 0) is 13.0 Å². The molecule has 1 N–H and O–H groups in total. The molecular formula is C15H20N2O. The smallest absolute Gasteiger partial charge is 0.174 e. The number of nitriles is 1. The Kier molecular flexibility index (Phi) is 5.96. The topological polar surface area (TPSA) is 45.0 Å². The van der Waals surface area contributed by atoms with Crippen LogP contribution < -0.4 is 10.1 Å². The van der Waals surface area contributed by atoms with Crippen molar-refractivity contribution in [3.63, 3.8) is 0 Å². The average Bonchev–Trinajstić information content (AvgIpc) is 2.35. The van der Waals surface area contributed by atoms with Crippen LogP contribution in [0, 0.1) is 11.3 Å². The molecule has 0 saturated heterocycles. The number of para-hydroxylation sites is 1. The first-order chi connectivity index (χ1) is 8.63. The van der Waals surface area contributed by atoms with E-state index >= 15 is 0 Å². The zero-order valence-corrected chi connectivity index (χ0v) is 11.2. The molecule has 3 heteroatoms. The second-order valence-electron chi connectivity index (χ2n) is 4.51. The van der Waals surface area contributed by atoms with E-state index in [0.717, 1.165) is 17.9 Å². The highest BCUT2D eigenvalue weighted by atomic mass is 16.5. The molecule has 0 aliphatic heterocycles. The fraction of sp³-hybridized carbons (Fsp3) is 0.400. The number of benzene rings is 1. The van der Waals surface area contributed by atoms with Crippen LogP contribution in [-0.2, 0) is 0 Å². The number of rotatable bonds is 6. The van der Waals surface area contributed by atoms with Crippen LogP contribution in [0.4, 0.5) is 0 Å². The summed E-state index contributed by atoms with van der Waals surface area (Å²) in [6, 6.07) is 10.2. The van der Waals surface area contributed by atoms with Gasteiger partial charge in [-0.15, -0.1) is 0 Å². The van der Waals surface area contributed by atoms with E-state index in [1.165, 1.54) is 5.57 Å². The first kappa shape index (κ1) is 14.3. The van der Waals surface area contributed by atoms with E-state index < -0.39 is 0 Å². The van der Waals surface area contributed by atoms with Crippen LogP contribution in [0.15, 0.2) is 29.8 Å². The van der Waals surface area contributed by atoms with Gasteiger partial charge in [-0.2, -0.15) is 5.26 Å². The molecule has 0 saturated carbocycles. The average molecular weight is 244 g/mol. The normalized spacial score (nSPS) is 11.4. The zero-order chi connectivity index (χ0) is 13.4. The number of nitrogens with zero attached hydrogens (tertiary/aromatic N) is 1. The summed E-state index contributed by atoms with van der Waals surface area (Å²) >= 11 is 0. The van der Waals surface area contributed by atoms with Gasteiger partial charge >= 0.3 is 0 Å². The Labute approximate surface area is 109 Å². The maximum absolute atomic E-state index is 8.55. The Morgan fingerprint density at radius 2 is 2.17 bits per heavy atom. The van der Waals surface area contributed by atoms with Crippen LogP contribution in [0.25, 0.3) is 6.08 Å². The molecule has 0 aliphatic rings. The van der Waals surface area contributed by atoms with Gasteiger partial charge in [0.25, 0.3) is 0 Å². The Balaban J connectivity index is 2.76. The molecule has 0 aromatic heterocycles. The van der Waals surface area contributed by atoms with Crippen LogP contribution in [0.5, 0.6) is 5.75 Å². The molecule has 0 heterocycles. The molecule has 0 unspecified atom stereocenters. The van der Waals surface area contributed by atoms with E-state index in [9.17, 15) is 0 Å². The first-order valence-corrected chi connectivity index (χ1v) is 6.13. The van der Waals surface area contributed by atoms with Crippen LogP contribution in [-0.4, -0.2) is 19.2 Å². The van der Waals surface area contributed by atoms with Gasteiger partial charge in [0.05, 0.1) is 0 Å². The summed E-state index contributed by atoms with van der Waals surface area (Å²) in [6.07, 6.45) is 2.09. The third-order valence-corrected chi connectivity index (χ3v) is 2.40. The molecule has 0 atom stereocenters. The Morgan fingerprint density at radius 1 is 1.44 bits per heavy atom. The molecule has 0 radical (unpaired) electrons. The third kappa shape index (κ3) is 5.03. The minimum atomic E-state index is 0.0775. The lowest BCUT2D eigenvalue weighted by Crippen LogP contribution is -2.24. The quantitative estimate of drug-likeness (QED) is 0.836. The molecular weight excluding hydrogens is 224 g/mol. The van der Waals surface area contributed by atoms with Gasteiger partial charge in [0, 0.05) is 18.2 Å². The highest BCUT2D eigenvalue weighted by Crippen LogP contribution is 2.20. The van der Waals surface area contributed by atoms with Crippen molar-refractivity contribution in [1.29, 1.82) is 5.26 Å². The highest BCUT2D eigenvalue weighted by Gasteiger charge is 2.01. The maximum atomic E-state index is 8.55. The summed E-state index contributed by atoms with van der Waals surface area (Å²) in [4.78, 5) is 0. The fourth-order valence-corrected chi connectivity index (χ4v) is 1.52. The third-order valence-electron chi connectivity index (χ3n) is 2.40. The van der Waals surface area contributed by atoms with Crippen LogP contribution >= 0.6 is 0 Å². The Hall–Kier alpha value is -1.79. The second kappa shape index (κ2) is 7.52. The predicted molar refractivity (Wildman–Crippen MR) is 74.3 cm³/mol. The first-order valence-electron chi connectivity index (χ1n) is 6.13. The van der Waals surface area contributed by atoms with E-state index in [1.807, 2.05) is 30.3 Å². The largest absolute Gasteiger partial charge is 0.478 e. The van der Waals surface area contributed by atoms with E-state index in [4.69, 9.17) is 10.00 Å². The van der Waals surface area contributed by atoms with E-state index in [0.29, 0.717) is 6.04 Å². The molecule has 0 fully saturated rings. The van der Waals surface area contributed by atoms with Gasteiger partial charge in [-0.25, -0.2) is 0 Å². The van der Waals surface area contributed by atoms with Crippen molar-refractivity contribution in [3.05, 3.63) is 35.4 Å². The molecule has 1 rings (SSSR count). The molecule has 0 bridgehead atoms. The molecule has 18 heavy (non-hydrogen) atoms. The van der Waals surface area contributed by atoms with Gasteiger partial charge < -0.3 is 10.1 Å². The van der Waals surface area contributed by atoms with Crippen molar-refractivity contribution in [2.24, 2.45) is 0 Å². The van der Waals surface area contributed by atoms with Crippen LogP contribution in [0.3, 0.4) is 0 Å². The van der Waals surface area contributed by atoms with Gasteiger partial charge in [0.2, 0.25) is 0 Å². The molecule has 1 aromatic carbocycles. The minimum absolute atomic E-state index is 0.0775. The Bertz CT molecular complexity index is 444. The molecule has 0 aliphatic carbocycles. The van der Waals surface area contributed by atoms with Gasteiger partial charge in [-0.1, -0.05) is 43.7 Å². The summed E-state index contributed by atoms with van der Waals surface area (Å²) in [5, 5.41) is 11.9. The summed E-state index contributed by atoms with van der Waals surface area (Å²) in [5.41, 5.74) is 2.24. The SMILES string of the molecule is CC(=Cc1ccccc1OCC#N)CNC(C)C. The van der Waals surface area contributed by atoms with Crippen molar-refractivity contribution in [2.45, 2.75) is 26.8 Å². The van der Waals surface area contributed by atoms with Crippen molar-refractivity contribution in [1.82, 2.24) is 5.32 Å². The van der Waals surface area contributed by atoms with Crippen LogP contribution in [0.2, 0.25) is 0 Å². The Morgan fingerprint density at radius 3 is 2.83 bits per heavy atom. The van der Waals surface area contributed by atoms with E-state index in [1.54, 1.807) is 0 Å². The number of hydrogen-bond donors (Lipinski definition) is 1. The van der Waals surface area contributed by atoms with Crippen LogP contribution in [0.1, 0.15) is 26.3 Å². The molecule has 3 nitrogen and oxygen atoms in total. The molecule has 0 spiro atoms. The monoisotopic (exact) mass is 244 g/mol.